The molecule has 17 heavy (non-hydrogen) atoms. The molecule has 5 N–H and O–H groups in total. The summed E-state index contributed by atoms with van der Waals surface area (Å²) in [5.41, 5.74) is 6.66. The molecule has 0 saturated heterocycles. The van der Waals surface area contributed by atoms with E-state index < -0.39 is 10.0 Å². The zero-order chi connectivity index (χ0) is 12.6. The normalized spacial score (nSPS) is 24.1. The molecular formula is C11H17N3O2S. The first-order valence-corrected chi connectivity index (χ1v) is 7.10. The monoisotopic (exact) mass is 255 g/mol. The van der Waals surface area contributed by atoms with Crippen molar-refractivity contribution in [2.75, 3.05) is 11.1 Å². The topological polar surface area (TPSA) is 98.2 Å². The maximum absolute atomic E-state index is 11.3. The highest BCUT2D eigenvalue weighted by Crippen LogP contribution is 2.33. The Morgan fingerprint density at radius 1 is 1.35 bits per heavy atom. The van der Waals surface area contributed by atoms with E-state index in [9.17, 15) is 8.42 Å². The molecule has 0 spiro atoms. The molecule has 0 aromatic heterocycles. The molecule has 94 valence electrons. The lowest BCUT2D eigenvalue weighted by molar-refractivity contribution is 0.309. The van der Waals surface area contributed by atoms with Gasteiger partial charge in [0.25, 0.3) is 0 Å². The number of nitrogens with one attached hydrogen (secondary N) is 1. The highest BCUT2D eigenvalue weighted by molar-refractivity contribution is 7.89. The summed E-state index contributed by atoms with van der Waals surface area (Å²) in [5, 5.41) is 8.33. The molecule has 2 rings (SSSR count). The number of hydrogen-bond acceptors (Lipinski definition) is 4. The molecule has 0 aliphatic heterocycles. The molecule has 0 unspecified atom stereocenters. The first-order valence-electron chi connectivity index (χ1n) is 5.55. The molecule has 1 aromatic rings. The lowest BCUT2D eigenvalue weighted by atomic mass is 9.82. The molecule has 1 aliphatic carbocycles. The number of para-hydroxylation sites is 1. The molecule has 0 heterocycles. The molecule has 1 aromatic carbocycles. The van der Waals surface area contributed by atoms with Crippen LogP contribution in [0.5, 0.6) is 0 Å². The van der Waals surface area contributed by atoms with Crippen molar-refractivity contribution >= 4 is 21.4 Å². The van der Waals surface area contributed by atoms with Crippen molar-refractivity contribution in [3.05, 3.63) is 18.2 Å². The lowest BCUT2D eigenvalue weighted by Crippen LogP contribution is -2.34. The van der Waals surface area contributed by atoms with E-state index in [0.717, 1.165) is 18.8 Å². The van der Waals surface area contributed by atoms with Crippen LogP contribution in [0.15, 0.2) is 23.1 Å². The van der Waals surface area contributed by atoms with Crippen LogP contribution in [0, 0.1) is 5.92 Å². The maximum Gasteiger partial charge on any atom is 0.240 e. The van der Waals surface area contributed by atoms with E-state index in [1.54, 1.807) is 12.1 Å². The standard InChI is InChI=1S/C11H17N3O2S/c1-7-5-8(6-7)14-9-3-2-4-10(11(9)12)17(13,15)16/h2-4,7-8,14H,5-6,12H2,1H3,(H2,13,15,16). The van der Waals surface area contributed by atoms with Gasteiger partial charge in [-0.25, -0.2) is 13.6 Å². The smallest absolute Gasteiger partial charge is 0.240 e. The fourth-order valence-electron chi connectivity index (χ4n) is 2.16. The van der Waals surface area contributed by atoms with Gasteiger partial charge in [-0.15, -0.1) is 0 Å². The highest BCUT2D eigenvalue weighted by Gasteiger charge is 2.26. The number of hydrogen-bond donors (Lipinski definition) is 3. The summed E-state index contributed by atoms with van der Waals surface area (Å²) in [5.74, 6) is 0.718. The number of sulfonamides is 1. The van der Waals surface area contributed by atoms with Crippen LogP contribution in [0.4, 0.5) is 11.4 Å². The highest BCUT2D eigenvalue weighted by atomic mass is 32.2. The minimum atomic E-state index is -3.76. The maximum atomic E-state index is 11.3. The Hall–Kier alpha value is -1.27. The fourth-order valence-corrected chi connectivity index (χ4v) is 2.84. The SMILES string of the molecule is CC1CC(Nc2cccc(S(N)(=O)=O)c2N)C1. The van der Waals surface area contributed by atoms with Gasteiger partial charge in [0.05, 0.1) is 11.4 Å². The van der Waals surface area contributed by atoms with Crippen molar-refractivity contribution in [3.63, 3.8) is 0 Å². The fraction of sp³-hybridized carbons (Fsp3) is 0.455. The zero-order valence-electron chi connectivity index (χ0n) is 9.68. The number of primary sulfonamides is 1. The van der Waals surface area contributed by atoms with E-state index in [-0.39, 0.29) is 10.6 Å². The van der Waals surface area contributed by atoms with Gasteiger partial charge < -0.3 is 11.1 Å². The molecule has 0 amide bonds. The van der Waals surface area contributed by atoms with Crippen molar-refractivity contribution in [1.29, 1.82) is 0 Å². The average molecular weight is 255 g/mol. The van der Waals surface area contributed by atoms with Gasteiger partial charge in [0, 0.05) is 6.04 Å². The quantitative estimate of drug-likeness (QED) is 0.705. The van der Waals surface area contributed by atoms with E-state index in [1.165, 1.54) is 6.07 Å². The van der Waals surface area contributed by atoms with E-state index >= 15 is 0 Å². The van der Waals surface area contributed by atoms with E-state index in [2.05, 4.69) is 12.2 Å². The Labute approximate surface area is 101 Å². The van der Waals surface area contributed by atoms with Gasteiger partial charge in [0.15, 0.2) is 0 Å². The zero-order valence-corrected chi connectivity index (χ0v) is 10.5. The Morgan fingerprint density at radius 2 is 2.00 bits per heavy atom. The summed E-state index contributed by atoms with van der Waals surface area (Å²) < 4.78 is 22.6. The number of rotatable bonds is 3. The molecule has 0 bridgehead atoms. The summed E-state index contributed by atoms with van der Waals surface area (Å²) in [6, 6.07) is 5.20. The third-order valence-electron chi connectivity index (χ3n) is 3.11. The summed E-state index contributed by atoms with van der Waals surface area (Å²) in [4.78, 5) is -0.0186. The molecule has 0 atom stereocenters. The van der Waals surface area contributed by atoms with Crippen LogP contribution in [0.25, 0.3) is 0 Å². The van der Waals surface area contributed by atoms with Crippen molar-refractivity contribution < 1.29 is 8.42 Å². The Balaban J connectivity index is 2.24. The second-order valence-electron chi connectivity index (χ2n) is 4.68. The van der Waals surface area contributed by atoms with Gasteiger partial charge in [-0.1, -0.05) is 13.0 Å². The van der Waals surface area contributed by atoms with Gasteiger partial charge in [-0.05, 0) is 30.9 Å². The van der Waals surface area contributed by atoms with E-state index in [0.29, 0.717) is 11.7 Å². The van der Waals surface area contributed by atoms with Crippen LogP contribution >= 0.6 is 0 Å². The van der Waals surface area contributed by atoms with Gasteiger partial charge in [-0.3, -0.25) is 0 Å². The van der Waals surface area contributed by atoms with Gasteiger partial charge in [-0.2, -0.15) is 0 Å². The Bertz CT molecular complexity index is 522. The van der Waals surface area contributed by atoms with Crippen LogP contribution in [0.1, 0.15) is 19.8 Å². The van der Waals surface area contributed by atoms with E-state index in [1.807, 2.05) is 0 Å². The minimum absolute atomic E-state index is 0.0186. The number of nitrogens with two attached hydrogens (primary N) is 2. The van der Waals surface area contributed by atoms with Crippen LogP contribution < -0.4 is 16.2 Å². The van der Waals surface area contributed by atoms with E-state index in [4.69, 9.17) is 10.9 Å². The predicted molar refractivity (Wildman–Crippen MR) is 68.0 cm³/mol. The molecule has 6 heteroatoms. The number of benzene rings is 1. The molecule has 5 nitrogen and oxygen atoms in total. The van der Waals surface area contributed by atoms with Gasteiger partial charge >= 0.3 is 0 Å². The number of nitrogen functional groups attached to an aromatic ring is 1. The third-order valence-corrected chi connectivity index (χ3v) is 4.08. The first-order chi connectivity index (χ1) is 7.88. The Kier molecular flexibility index (Phi) is 3.01. The number of anilines is 2. The van der Waals surface area contributed by atoms with Crippen molar-refractivity contribution in [2.24, 2.45) is 11.1 Å². The summed E-state index contributed by atoms with van der Waals surface area (Å²) in [6.45, 7) is 2.18. The van der Waals surface area contributed by atoms with Crippen molar-refractivity contribution in [2.45, 2.75) is 30.7 Å². The molecule has 1 saturated carbocycles. The molecule has 1 fully saturated rings. The molecule has 0 radical (unpaired) electrons. The average Bonchev–Trinajstić information content (AvgIpc) is 2.16. The lowest BCUT2D eigenvalue weighted by Gasteiger charge is -2.34. The largest absolute Gasteiger partial charge is 0.396 e. The second-order valence-corrected chi connectivity index (χ2v) is 6.21. The van der Waals surface area contributed by atoms with Gasteiger partial charge in [0.1, 0.15) is 4.90 Å². The van der Waals surface area contributed by atoms with Crippen LogP contribution in [0.2, 0.25) is 0 Å². The Morgan fingerprint density at radius 3 is 2.53 bits per heavy atom. The molecular weight excluding hydrogens is 238 g/mol. The van der Waals surface area contributed by atoms with Gasteiger partial charge in [0.2, 0.25) is 10.0 Å². The minimum Gasteiger partial charge on any atom is -0.396 e. The summed E-state index contributed by atoms with van der Waals surface area (Å²) in [6.07, 6.45) is 2.16. The first kappa shape index (κ1) is 12.2. The summed E-state index contributed by atoms with van der Waals surface area (Å²) in [7, 11) is -3.76. The van der Waals surface area contributed by atoms with Crippen LogP contribution in [0.3, 0.4) is 0 Å². The van der Waals surface area contributed by atoms with Crippen molar-refractivity contribution in [3.8, 4) is 0 Å². The van der Waals surface area contributed by atoms with Crippen molar-refractivity contribution in [1.82, 2.24) is 0 Å². The predicted octanol–water partition coefficient (Wildman–Crippen LogP) is 1.13. The second kappa shape index (κ2) is 4.19. The third kappa shape index (κ3) is 2.53. The summed E-state index contributed by atoms with van der Waals surface area (Å²) >= 11 is 0. The molecule has 1 aliphatic rings. The van der Waals surface area contributed by atoms with Crippen LogP contribution in [-0.2, 0) is 10.0 Å². The van der Waals surface area contributed by atoms with Crippen LogP contribution in [-0.4, -0.2) is 14.5 Å².